The monoisotopic (exact) mass is 292 g/mol. The predicted molar refractivity (Wildman–Crippen MR) is 87.7 cm³/mol. The van der Waals surface area contributed by atoms with Crippen molar-refractivity contribution in [2.24, 2.45) is 17.1 Å². The van der Waals surface area contributed by atoms with Gasteiger partial charge in [0.1, 0.15) is 4.99 Å². The standard InChI is InChI=1S/C16H24N2OS/c1-11(2)16(3,4)10-18-14(19)9-12-5-7-13(8-6-12)15(17)20/h5-8,11H,9-10H2,1-4H3,(H2,17,20)(H,18,19). The minimum Gasteiger partial charge on any atom is -0.389 e. The highest BCUT2D eigenvalue weighted by Gasteiger charge is 2.22. The minimum atomic E-state index is 0.0433. The number of nitrogens with one attached hydrogen (secondary N) is 1. The molecule has 3 nitrogen and oxygen atoms in total. The van der Waals surface area contributed by atoms with Crippen molar-refractivity contribution in [1.82, 2.24) is 5.32 Å². The Balaban J connectivity index is 2.52. The van der Waals surface area contributed by atoms with Gasteiger partial charge in [-0.15, -0.1) is 0 Å². The third-order valence-corrected chi connectivity index (χ3v) is 4.14. The summed E-state index contributed by atoms with van der Waals surface area (Å²) in [5.41, 5.74) is 7.43. The summed E-state index contributed by atoms with van der Waals surface area (Å²) in [6.07, 6.45) is 0.381. The van der Waals surface area contributed by atoms with Gasteiger partial charge >= 0.3 is 0 Å². The fraction of sp³-hybridized carbons (Fsp3) is 0.500. The molecule has 1 rings (SSSR count). The highest BCUT2D eigenvalue weighted by Crippen LogP contribution is 2.24. The molecule has 0 radical (unpaired) electrons. The van der Waals surface area contributed by atoms with E-state index in [0.29, 0.717) is 23.9 Å². The van der Waals surface area contributed by atoms with Crippen molar-refractivity contribution in [1.29, 1.82) is 0 Å². The SMILES string of the molecule is CC(C)C(C)(C)CNC(=O)Cc1ccc(C(N)=S)cc1. The van der Waals surface area contributed by atoms with Crippen LogP contribution in [0.2, 0.25) is 0 Å². The molecule has 0 aromatic heterocycles. The van der Waals surface area contributed by atoms with Crippen LogP contribution in [0.15, 0.2) is 24.3 Å². The molecule has 0 spiro atoms. The zero-order chi connectivity index (χ0) is 15.3. The van der Waals surface area contributed by atoms with Crippen molar-refractivity contribution in [2.75, 3.05) is 6.54 Å². The van der Waals surface area contributed by atoms with Crippen LogP contribution >= 0.6 is 12.2 Å². The molecule has 110 valence electrons. The molecule has 0 saturated carbocycles. The van der Waals surface area contributed by atoms with E-state index in [1.807, 2.05) is 24.3 Å². The van der Waals surface area contributed by atoms with Gasteiger partial charge in [-0.3, -0.25) is 4.79 Å². The summed E-state index contributed by atoms with van der Waals surface area (Å²) in [6.45, 7) is 9.35. The molecule has 0 saturated heterocycles. The lowest BCUT2D eigenvalue weighted by Gasteiger charge is -2.29. The van der Waals surface area contributed by atoms with E-state index < -0.39 is 0 Å². The summed E-state index contributed by atoms with van der Waals surface area (Å²) in [4.78, 5) is 12.3. The van der Waals surface area contributed by atoms with Crippen molar-refractivity contribution >= 4 is 23.1 Å². The second-order valence-corrected chi connectivity index (χ2v) is 6.60. The van der Waals surface area contributed by atoms with Crippen LogP contribution in [0.1, 0.15) is 38.8 Å². The van der Waals surface area contributed by atoms with E-state index in [1.165, 1.54) is 0 Å². The quantitative estimate of drug-likeness (QED) is 0.793. The van der Waals surface area contributed by atoms with Gasteiger partial charge in [-0.25, -0.2) is 0 Å². The van der Waals surface area contributed by atoms with Gasteiger partial charge in [0, 0.05) is 12.1 Å². The van der Waals surface area contributed by atoms with E-state index in [1.54, 1.807) is 0 Å². The van der Waals surface area contributed by atoms with Crippen LogP contribution in [0.4, 0.5) is 0 Å². The molecule has 1 aromatic carbocycles. The fourth-order valence-corrected chi connectivity index (χ4v) is 1.70. The van der Waals surface area contributed by atoms with Crippen LogP contribution < -0.4 is 11.1 Å². The molecule has 0 aliphatic rings. The van der Waals surface area contributed by atoms with E-state index in [0.717, 1.165) is 11.1 Å². The molecule has 1 aromatic rings. The third-order valence-electron chi connectivity index (χ3n) is 3.91. The summed E-state index contributed by atoms with van der Waals surface area (Å²) in [5, 5.41) is 3.00. The lowest BCUT2D eigenvalue weighted by molar-refractivity contribution is -0.121. The van der Waals surface area contributed by atoms with Crippen molar-refractivity contribution in [3.63, 3.8) is 0 Å². The maximum atomic E-state index is 11.9. The van der Waals surface area contributed by atoms with E-state index in [2.05, 4.69) is 33.0 Å². The topological polar surface area (TPSA) is 55.1 Å². The third kappa shape index (κ3) is 4.93. The Bertz CT molecular complexity index is 478. The average molecular weight is 292 g/mol. The smallest absolute Gasteiger partial charge is 0.224 e. The molecule has 0 fully saturated rings. The van der Waals surface area contributed by atoms with Gasteiger partial charge in [0.05, 0.1) is 6.42 Å². The lowest BCUT2D eigenvalue weighted by atomic mass is 9.81. The van der Waals surface area contributed by atoms with E-state index in [4.69, 9.17) is 18.0 Å². The molecule has 0 aliphatic heterocycles. The summed E-state index contributed by atoms with van der Waals surface area (Å²) in [5.74, 6) is 0.564. The second kappa shape index (κ2) is 6.84. The maximum Gasteiger partial charge on any atom is 0.224 e. The zero-order valence-electron chi connectivity index (χ0n) is 12.7. The Morgan fingerprint density at radius 3 is 2.30 bits per heavy atom. The average Bonchev–Trinajstić information content (AvgIpc) is 2.37. The summed E-state index contributed by atoms with van der Waals surface area (Å²) >= 11 is 4.90. The number of amides is 1. The lowest BCUT2D eigenvalue weighted by Crippen LogP contribution is -2.37. The Morgan fingerprint density at radius 1 is 1.30 bits per heavy atom. The molecule has 3 N–H and O–H groups in total. The number of thiocarbonyl (C=S) groups is 1. The largest absolute Gasteiger partial charge is 0.389 e. The van der Waals surface area contributed by atoms with Crippen LogP contribution in [0.3, 0.4) is 0 Å². The predicted octanol–water partition coefficient (Wildman–Crippen LogP) is 2.66. The fourth-order valence-electron chi connectivity index (χ4n) is 1.57. The molecule has 0 atom stereocenters. The Morgan fingerprint density at radius 2 is 1.85 bits per heavy atom. The molecule has 1 amide bonds. The van der Waals surface area contributed by atoms with Crippen LogP contribution in [-0.2, 0) is 11.2 Å². The van der Waals surface area contributed by atoms with Gasteiger partial charge in [0.25, 0.3) is 0 Å². The van der Waals surface area contributed by atoms with E-state index in [-0.39, 0.29) is 11.3 Å². The number of carbonyl (C=O) groups excluding carboxylic acids is 1. The van der Waals surface area contributed by atoms with Gasteiger partial charge in [-0.1, -0.05) is 64.2 Å². The number of benzene rings is 1. The molecule has 20 heavy (non-hydrogen) atoms. The first-order valence-electron chi connectivity index (χ1n) is 6.88. The molecule has 0 heterocycles. The molecule has 0 aliphatic carbocycles. The summed E-state index contributed by atoms with van der Waals surface area (Å²) in [7, 11) is 0. The first-order chi connectivity index (χ1) is 9.22. The first-order valence-corrected chi connectivity index (χ1v) is 7.28. The van der Waals surface area contributed by atoms with Crippen molar-refractivity contribution in [3.05, 3.63) is 35.4 Å². The van der Waals surface area contributed by atoms with Crippen LogP contribution in [0.5, 0.6) is 0 Å². The van der Waals surface area contributed by atoms with Gasteiger partial charge < -0.3 is 11.1 Å². The van der Waals surface area contributed by atoms with Crippen LogP contribution in [-0.4, -0.2) is 17.4 Å². The molecule has 0 unspecified atom stereocenters. The summed E-state index contributed by atoms with van der Waals surface area (Å²) in [6, 6.07) is 7.48. The Kier molecular flexibility index (Phi) is 5.69. The normalized spacial score (nSPS) is 11.4. The molecule has 0 bridgehead atoms. The number of hydrogen-bond acceptors (Lipinski definition) is 2. The minimum absolute atomic E-state index is 0.0433. The molecular weight excluding hydrogens is 268 g/mol. The number of nitrogens with two attached hydrogens (primary N) is 1. The highest BCUT2D eigenvalue weighted by atomic mass is 32.1. The number of hydrogen-bond donors (Lipinski definition) is 2. The van der Waals surface area contributed by atoms with Gasteiger partial charge in [-0.05, 0) is 16.9 Å². The zero-order valence-corrected chi connectivity index (χ0v) is 13.5. The van der Waals surface area contributed by atoms with Gasteiger partial charge in [0.15, 0.2) is 0 Å². The van der Waals surface area contributed by atoms with Gasteiger partial charge in [0.2, 0.25) is 5.91 Å². The number of carbonyl (C=O) groups is 1. The van der Waals surface area contributed by atoms with Crippen LogP contribution in [0.25, 0.3) is 0 Å². The van der Waals surface area contributed by atoms with Crippen LogP contribution in [0, 0.1) is 11.3 Å². The Hall–Kier alpha value is -1.42. The Labute approximate surface area is 126 Å². The second-order valence-electron chi connectivity index (χ2n) is 6.16. The van der Waals surface area contributed by atoms with Crippen molar-refractivity contribution < 1.29 is 4.79 Å². The maximum absolute atomic E-state index is 11.9. The van der Waals surface area contributed by atoms with Gasteiger partial charge in [-0.2, -0.15) is 0 Å². The highest BCUT2D eigenvalue weighted by molar-refractivity contribution is 7.80. The first kappa shape index (κ1) is 16.6. The molecular formula is C16H24N2OS. The van der Waals surface area contributed by atoms with Crippen molar-refractivity contribution in [3.8, 4) is 0 Å². The van der Waals surface area contributed by atoms with E-state index >= 15 is 0 Å². The molecule has 4 heteroatoms. The van der Waals surface area contributed by atoms with E-state index in [9.17, 15) is 4.79 Å². The van der Waals surface area contributed by atoms with Crippen molar-refractivity contribution in [2.45, 2.75) is 34.1 Å². The number of rotatable bonds is 6. The summed E-state index contributed by atoms with van der Waals surface area (Å²) < 4.78 is 0.